The van der Waals surface area contributed by atoms with Gasteiger partial charge in [0.1, 0.15) is 13.2 Å². The molecule has 2 unspecified atom stereocenters. The molecule has 0 aromatic heterocycles. The standard InChI is InChI=1S/C46H88O6/c1-7-41(5)33-27-21-15-12-13-17-24-30-36-45(48)51-39-43(52-46(49)37-31-25-19-18-22-28-34-42(6)8-2)38-50-44(47)35-29-23-16-11-9-10-14-20-26-32-40(3)4/h40-43H,7-39H2,1-6H3/t41?,42?,43-/m0/s1. The van der Waals surface area contributed by atoms with E-state index in [-0.39, 0.29) is 31.1 Å². The van der Waals surface area contributed by atoms with E-state index in [1.165, 1.54) is 122 Å². The molecule has 308 valence electrons. The number of hydrogen-bond donors (Lipinski definition) is 0. The quantitative estimate of drug-likeness (QED) is 0.0355. The fraction of sp³-hybridized carbons (Fsp3) is 0.935. The van der Waals surface area contributed by atoms with Crippen molar-refractivity contribution in [1.29, 1.82) is 0 Å². The molecule has 0 saturated heterocycles. The third kappa shape index (κ3) is 36.8. The summed E-state index contributed by atoms with van der Waals surface area (Å²) in [6.07, 6.45) is 33.7. The third-order valence-electron chi connectivity index (χ3n) is 10.9. The Morgan fingerprint density at radius 3 is 1.00 bits per heavy atom. The lowest BCUT2D eigenvalue weighted by molar-refractivity contribution is -0.167. The molecule has 6 heteroatoms. The van der Waals surface area contributed by atoms with E-state index in [2.05, 4.69) is 41.5 Å². The van der Waals surface area contributed by atoms with Crippen LogP contribution in [0.3, 0.4) is 0 Å². The van der Waals surface area contributed by atoms with Gasteiger partial charge in [0.15, 0.2) is 6.10 Å². The summed E-state index contributed by atoms with van der Waals surface area (Å²) in [5.41, 5.74) is 0. The topological polar surface area (TPSA) is 78.9 Å². The van der Waals surface area contributed by atoms with Gasteiger partial charge in [0, 0.05) is 19.3 Å². The Morgan fingerprint density at radius 1 is 0.385 bits per heavy atom. The normalized spacial score (nSPS) is 13.2. The fourth-order valence-corrected chi connectivity index (χ4v) is 6.64. The molecule has 0 rings (SSSR count). The maximum absolute atomic E-state index is 12.7. The number of carbonyl (C=O) groups excluding carboxylic acids is 3. The Kier molecular flexibility index (Phi) is 36.6. The first kappa shape index (κ1) is 50.4. The van der Waals surface area contributed by atoms with Gasteiger partial charge >= 0.3 is 17.9 Å². The van der Waals surface area contributed by atoms with Gasteiger partial charge < -0.3 is 14.2 Å². The van der Waals surface area contributed by atoms with Crippen LogP contribution in [0.5, 0.6) is 0 Å². The molecule has 52 heavy (non-hydrogen) atoms. The number of rotatable bonds is 39. The van der Waals surface area contributed by atoms with Gasteiger partial charge in [-0.15, -0.1) is 0 Å². The molecule has 6 nitrogen and oxygen atoms in total. The predicted molar refractivity (Wildman–Crippen MR) is 219 cm³/mol. The van der Waals surface area contributed by atoms with E-state index in [4.69, 9.17) is 14.2 Å². The first-order valence-electron chi connectivity index (χ1n) is 22.7. The van der Waals surface area contributed by atoms with Crippen molar-refractivity contribution in [3.05, 3.63) is 0 Å². The van der Waals surface area contributed by atoms with E-state index < -0.39 is 6.10 Å². The molecule has 0 bridgehead atoms. The van der Waals surface area contributed by atoms with Gasteiger partial charge in [-0.05, 0) is 37.0 Å². The highest BCUT2D eigenvalue weighted by Gasteiger charge is 2.19. The third-order valence-corrected chi connectivity index (χ3v) is 10.9. The number of ether oxygens (including phenoxy) is 3. The summed E-state index contributed by atoms with van der Waals surface area (Å²) in [5, 5.41) is 0. The zero-order chi connectivity index (χ0) is 38.5. The van der Waals surface area contributed by atoms with E-state index in [0.717, 1.165) is 75.5 Å². The van der Waals surface area contributed by atoms with Crippen LogP contribution in [-0.2, 0) is 28.6 Å². The van der Waals surface area contributed by atoms with E-state index in [0.29, 0.717) is 19.3 Å². The van der Waals surface area contributed by atoms with Gasteiger partial charge in [0.05, 0.1) is 0 Å². The smallest absolute Gasteiger partial charge is 0.306 e. The largest absolute Gasteiger partial charge is 0.462 e. The molecule has 0 saturated carbocycles. The van der Waals surface area contributed by atoms with Crippen LogP contribution in [0.1, 0.15) is 241 Å². The summed E-state index contributed by atoms with van der Waals surface area (Å²) in [7, 11) is 0. The van der Waals surface area contributed by atoms with Gasteiger partial charge in [0.25, 0.3) is 0 Å². The van der Waals surface area contributed by atoms with Crippen LogP contribution in [0.15, 0.2) is 0 Å². The molecule has 0 N–H and O–H groups in total. The summed E-state index contributed by atoms with van der Waals surface area (Å²) >= 11 is 0. The zero-order valence-electron chi connectivity index (χ0n) is 35.6. The fourth-order valence-electron chi connectivity index (χ4n) is 6.64. The lowest BCUT2D eigenvalue weighted by Crippen LogP contribution is -2.30. The summed E-state index contributed by atoms with van der Waals surface area (Å²) in [5.74, 6) is 1.60. The van der Waals surface area contributed by atoms with E-state index in [9.17, 15) is 14.4 Å². The van der Waals surface area contributed by atoms with Crippen LogP contribution in [0.2, 0.25) is 0 Å². The molecular formula is C46H88O6. The van der Waals surface area contributed by atoms with E-state index in [1.807, 2.05) is 0 Å². The van der Waals surface area contributed by atoms with Crippen molar-refractivity contribution >= 4 is 17.9 Å². The second-order valence-electron chi connectivity index (χ2n) is 16.6. The molecule has 0 aliphatic carbocycles. The highest BCUT2D eigenvalue weighted by molar-refractivity contribution is 5.71. The SMILES string of the molecule is CCC(C)CCCCCCCCCCC(=O)OC[C@H](COC(=O)CCCCCCCCCCCC(C)C)OC(=O)CCCCCCCCC(C)CC. The minimum absolute atomic E-state index is 0.0673. The maximum Gasteiger partial charge on any atom is 0.306 e. The molecule has 0 heterocycles. The molecule has 0 fully saturated rings. The van der Waals surface area contributed by atoms with Gasteiger partial charge in [-0.1, -0.05) is 202 Å². The number of unbranched alkanes of at least 4 members (excludes halogenated alkanes) is 20. The van der Waals surface area contributed by atoms with E-state index >= 15 is 0 Å². The Morgan fingerprint density at radius 2 is 0.673 bits per heavy atom. The van der Waals surface area contributed by atoms with Crippen LogP contribution >= 0.6 is 0 Å². The average Bonchev–Trinajstić information content (AvgIpc) is 3.12. The lowest BCUT2D eigenvalue weighted by Gasteiger charge is -2.18. The molecule has 0 aromatic carbocycles. The van der Waals surface area contributed by atoms with Crippen molar-refractivity contribution in [2.24, 2.45) is 17.8 Å². The minimum Gasteiger partial charge on any atom is -0.462 e. The maximum atomic E-state index is 12.7. The second kappa shape index (κ2) is 37.7. The Hall–Kier alpha value is -1.59. The molecule has 0 amide bonds. The Balaban J connectivity index is 4.36. The van der Waals surface area contributed by atoms with Crippen molar-refractivity contribution in [2.45, 2.75) is 247 Å². The van der Waals surface area contributed by atoms with Gasteiger partial charge in [-0.25, -0.2) is 0 Å². The van der Waals surface area contributed by atoms with Crippen LogP contribution in [0.25, 0.3) is 0 Å². The molecule has 0 spiro atoms. The zero-order valence-corrected chi connectivity index (χ0v) is 35.6. The van der Waals surface area contributed by atoms with Crippen LogP contribution in [0.4, 0.5) is 0 Å². The lowest BCUT2D eigenvalue weighted by atomic mass is 9.99. The summed E-state index contributed by atoms with van der Waals surface area (Å²) in [6.45, 7) is 13.6. The molecule has 0 aliphatic heterocycles. The van der Waals surface area contributed by atoms with Gasteiger partial charge in [0.2, 0.25) is 0 Å². The highest BCUT2D eigenvalue weighted by atomic mass is 16.6. The second-order valence-corrected chi connectivity index (χ2v) is 16.6. The molecule has 0 aromatic rings. The number of carbonyl (C=O) groups is 3. The minimum atomic E-state index is -0.762. The monoisotopic (exact) mass is 737 g/mol. The van der Waals surface area contributed by atoms with Crippen molar-refractivity contribution < 1.29 is 28.6 Å². The summed E-state index contributed by atoms with van der Waals surface area (Å²) in [4.78, 5) is 37.7. The predicted octanol–water partition coefficient (Wildman–Crippen LogP) is 14.0. The molecular weight excluding hydrogens is 648 g/mol. The van der Waals surface area contributed by atoms with E-state index in [1.54, 1.807) is 0 Å². The van der Waals surface area contributed by atoms with Crippen LogP contribution < -0.4 is 0 Å². The van der Waals surface area contributed by atoms with Crippen molar-refractivity contribution in [3.8, 4) is 0 Å². The Labute approximate surface area is 323 Å². The summed E-state index contributed by atoms with van der Waals surface area (Å²) in [6, 6.07) is 0. The summed E-state index contributed by atoms with van der Waals surface area (Å²) < 4.78 is 16.7. The molecule has 0 radical (unpaired) electrons. The van der Waals surface area contributed by atoms with Gasteiger partial charge in [-0.2, -0.15) is 0 Å². The number of hydrogen-bond acceptors (Lipinski definition) is 6. The molecule has 0 aliphatic rings. The number of esters is 3. The first-order chi connectivity index (χ1) is 25.2. The van der Waals surface area contributed by atoms with Crippen molar-refractivity contribution in [1.82, 2.24) is 0 Å². The van der Waals surface area contributed by atoms with Gasteiger partial charge in [-0.3, -0.25) is 14.4 Å². The Bertz CT molecular complexity index is 811. The van der Waals surface area contributed by atoms with Crippen LogP contribution in [0, 0.1) is 17.8 Å². The van der Waals surface area contributed by atoms with Crippen molar-refractivity contribution in [3.63, 3.8) is 0 Å². The molecule has 3 atom stereocenters. The average molecular weight is 737 g/mol. The van der Waals surface area contributed by atoms with Crippen molar-refractivity contribution in [2.75, 3.05) is 13.2 Å². The van der Waals surface area contributed by atoms with Crippen LogP contribution in [-0.4, -0.2) is 37.2 Å². The highest BCUT2D eigenvalue weighted by Crippen LogP contribution is 2.17. The first-order valence-corrected chi connectivity index (χ1v) is 22.7.